The third-order valence-electron chi connectivity index (χ3n) is 3.11. The first-order valence-corrected chi connectivity index (χ1v) is 5.66. The second-order valence-corrected chi connectivity index (χ2v) is 4.51. The molecule has 0 amide bonds. The van der Waals surface area contributed by atoms with Crippen LogP contribution >= 0.6 is 0 Å². The lowest BCUT2D eigenvalue weighted by Crippen LogP contribution is -2.40. The van der Waals surface area contributed by atoms with Crippen LogP contribution in [-0.2, 0) is 0 Å². The fourth-order valence-electron chi connectivity index (χ4n) is 2.15. The van der Waals surface area contributed by atoms with Crippen LogP contribution in [0.1, 0.15) is 45.4 Å². The van der Waals surface area contributed by atoms with Gasteiger partial charge in [-0.2, -0.15) is 0 Å². The van der Waals surface area contributed by atoms with Crippen LogP contribution in [0, 0.1) is 0 Å². The Bertz CT molecular complexity index is 128. The molecule has 0 aromatic heterocycles. The van der Waals surface area contributed by atoms with Gasteiger partial charge in [-0.15, -0.1) is 0 Å². The van der Waals surface area contributed by atoms with Crippen LogP contribution < -0.4 is 10.6 Å². The predicted molar refractivity (Wildman–Crippen MR) is 58.0 cm³/mol. The summed E-state index contributed by atoms with van der Waals surface area (Å²) in [5.74, 6) is 0. The molecular weight excluding hydrogens is 160 g/mol. The second-order valence-electron chi connectivity index (χ2n) is 4.51. The molecule has 0 aliphatic heterocycles. The predicted octanol–water partition coefficient (Wildman–Crippen LogP) is 1.91. The monoisotopic (exact) mass is 184 g/mol. The minimum absolute atomic E-state index is 0.472. The van der Waals surface area contributed by atoms with Crippen molar-refractivity contribution in [3.05, 3.63) is 0 Å². The summed E-state index contributed by atoms with van der Waals surface area (Å²) in [5, 5.41) is 6.87. The number of rotatable bonds is 6. The summed E-state index contributed by atoms with van der Waals surface area (Å²) < 4.78 is 0. The van der Waals surface area contributed by atoms with E-state index in [4.69, 9.17) is 0 Å². The Morgan fingerprint density at radius 3 is 2.31 bits per heavy atom. The Morgan fingerprint density at radius 2 is 1.69 bits per heavy atom. The molecule has 78 valence electrons. The minimum atomic E-state index is 0.472. The van der Waals surface area contributed by atoms with E-state index in [1.54, 1.807) is 0 Å². The average molecular weight is 184 g/mol. The van der Waals surface area contributed by atoms with Crippen LogP contribution in [-0.4, -0.2) is 25.7 Å². The van der Waals surface area contributed by atoms with Crippen LogP contribution in [0.4, 0.5) is 0 Å². The van der Waals surface area contributed by atoms with Crippen molar-refractivity contribution in [2.75, 3.05) is 20.1 Å². The van der Waals surface area contributed by atoms with Crippen LogP contribution in [0.25, 0.3) is 0 Å². The maximum atomic E-state index is 3.69. The normalized spacial score (nSPS) is 20.8. The maximum absolute atomic E-state index is 3.69. The lowest BCUT2D eigenvalue weighted by Gasteiger charge is -2.25. The van der Waals surface area contributed by atoms with Gasteiger partial charge in [0.1, 0.15) is 0 Å². The van der Waals surface area contributed by atoms with Crippen LogP contribution in [0.5, 0.6) is 0 Å². The van der Waals surface area contributed by atoms with Crippen molar-refractivity contribution in [3.63, 3.8) is 0 Å². The van der Waals surface area contributed by atoms with E-state index in [-0.39, 0.29) is 0 Å². The zero-order chi connectivity index (χ0) is 9.57. The first kappa shape index (κ1) is 11.0. The van der Waals surface area contributed by atoms with Gasteiger partial charge in [-0.05, 0) is 52.7 Å². The van der Waals surface area contributed by atoms with Crippen molar-refractivity contribution in [2.45, 2.75) is 51.0 Å². The van der Waals surface area contributed by atoms with E-state index in [1.165, 1.54) is 45.1 Å². The van der Waals surface area contributed by atoms with E-state index in [2.05, 4.69) is 17.6 Å². The highest BCUT2D eigenvalue weighted by Gasteiger charge is 2.26. The van der Waals surface area contributed by atoms with Gasteiger partial charge in [0.05, 0.1) is 0 Å². The highest BCUT2D eigenvalue weighted by Crippen LogP contribution is 2.28. The Hall–Kier alpha value is -0.0800. The molecule has 0 bridgehead atoms. The molecule has 1 aliphatic rings. The summed E-state index contributed by atoms with van der Waals surface area (Å²) in [4.78, 5) is 0. The highest BCUT2D eigenvalue weighted by atomic mass is 15.0. The molecule has 2 N–H and O–H groups in total. The SMILES string of the molecule is CNCCCCNC1(C)CCCC1. The first-order valence-electron chi connectivity index (χ1n) is 5.66. The third kappa shape index (κ3) is 4.10. The number of nitrogens with one attached hydrogen (secondary N) is 2. The Balaban J connectivity index is 1.98. The third-order valence-corrected chi connectivity index (χ3v) is 3.11. The van der Waals surface area contributed by atoms with Gasteiger partial charge in [-0.3, -0.25) is 0 Å². The summed E-state index contributed by atoms with van der Waals surface area (Å²) in [6.07, 6.45) is 8.17. The topological polar surface area (TPSA) is 24.1 Å². The van der Waals surface area contributed by atoms with Crippen LogP contribution in [0.3, 0.4) is 0 Å². The molecule has 1 fully saturated rings. The van der Waals surface area contributed by atoms with Crippen molar-refractivity contribution >= 4 is 0 Å². The summed E-state index contributed by atoms with van der Waals surface area (Å²) in [5.41, 5.74) is 0.472. The molecule has 1 saturated carbocycles. The summed E-state index contributed by atoms with van der Waals surface area (Å²) in [6.45, 7) is 4.72. The van der Waals surface area contributed by atoms with Crippen LogP contribution in [0.2, 0.25) is 0 Å². The molecule has 13 heavy (non-hydrogen) atoms. The fraction of sp³-hybridized carbons (Fsp3) is 1.00. The van der Waals surface area contributed by atoms with E-state index in [0.29, 0.717) is 5.54 Å². The molecule has 0 aromatic carbocycles. The lowest BCUT2D eigenvalue weighted by atomic mass is 10.0. The molecule has 2 heteroatoms. The van der Waals surface area contributed by atoms with Gasteiger partial charge >= 0.3 is 0 Å². The summed E-state index contributed by atoms with van der Waals surface area (Å²) in [6, 6.07) is 0. The molecule has 0 atom stereocenters. The zero-order valence-electron chi connectivity index (χ0n) is 9.16. The van der Waals surface area contributed by atoms with Gasteiger partial charge in [0, 0.05) is 5.54 Å². The van der Waals surface area contributed by atoms with Crippen LogP contribution in [0.15, 0.2) is 0 Å². The van der Waals surface area contributed by atoms with Gasteiger partial charge < -0.3 is 10.6 Å². The Morgan fingerprint density at radius 1 is 1.08 bits per heavy atom. The van der Waals surface area contributed by atoms with Gasteiger partial charge in [-0.1, -0.05) is 12.8 Å². The molecule has 0 spiro atoms. The molecule has 0 saturated heterocycles. The standard InChI is InChI=1S/C11H24N2/c1-11(7-3-4-8-11)13-10-6-5-9-12-2/h12-13H,3-10H2,1-2H3. The fourth-order valence-corrected chi connectivity index (χ4v) is 2.15. The number of hydrogen-bond donors (Lipinski definition) is 2. The van der Waals surface area contributed by atoms with Crippen molar-refractivity contribution in [1.82, 2.24) is 10.6 Å². The van der Waals surface area contributed by atoms with E-state index in [0.717, 1.165) is 6.54 Å². The van der Waals surface area contributed by atoms with Crippen molar-refractivity contribution in [1.29, 1.82) is 0 Å². The molecular formula is C11H24N2. The Kier molecular flexibility index (Phi) is 4.74. The smallest absolute Gasteiger partial charge is 0.0153 e. The maximum Gasteiger partial charge on any atom is 0.0153 e. The molecule has 2 nitrogen and oxygen atoms in total. The van der Waals surface area contributed by atoms with Gasteiger partial charge in [0.2, 0.25) is 0 Å². The van der Waals surface area contributed by atoms with Gasteiger partial charge in [-0.25, -0.2) is 0 Å². The van der Waals surface area contributed by atoms with Crippen molar-refractivity contribution in [2.24, 2.45) is 0 Å². The van der Waals surface area contributed by atoms with Crippen molar-refractivity contribution in [3.8, 4) is 0 Å². The van der Waals surface area contributed by atoms with Gasteiger partial charge in [0.25, 0.3) is 0 Å². The van der Waals surface area contributed by atoms with E-state index in [9.17, 15) is 0 Å². The van der Waals surface area contributed by atoms with E-state index < -0.39 is 0 Å². The largest absolute Gasteiger partial charge is 0.320 e. The molecule has 0 unspecified atom stereocenters. The number of hydrogen-bond acceptors (Lipinski definition) is 2. The average Bonchev–Trinajstić information content (AvgIpc) is 2.53. The number of unbranched alkanes of at least 4 members (excludes halogenated alkanes) is 1. The van der Waals surface area contributed by atoms with Crippen molar-refractivity contribution < 1.29 is 0 Å². The molecule has 0 radical (unpaired) electrons. The minimum Gasteiger partial charge on any atom is -0.320 e. The van der Waals surface area contributed by atoms with E-state index >= 15 is 0 Å². The van der Waals surface area contributed by atoms with Gasteiger partial charge in [0.15, 0.2) is 0 Å². The molecule has 1 aliphatic carbocycles. The lowest BCUT2D eigenvalue weighted by molar-refractivity contribution is 0.360. The van der Waals surface area contributed by atoms with E-state index in [1.807, 2.05) is 7.05 Å². The summed E-state index contributed by atoms with van der Waals surface area (Å²) in [7, 11) is 2.02. The summed E-state index contributed by atoms with van der Waals surface area (Å²) >= 11 is 0. The Labute approximate surface area is 82.5 Å². The quantitative estimate of drug-likeness (QED) is 0.616. The zero-order valence-corrected chi connectivity index (χ0v) is 9.16. The second kappa shape index (κ2) is 5.61. The molecule has 0 heterocycles. The highest BCUT2D eigenvalue weighted by molar-refractivity contribution is 4.87. The first-order chi connectivity index (χ1) is 6.27. The molecule has 0 aromatic rings. The molecule has 1 rings (SSSR count).